The number of rotatable bonds is 2. The lowest BCUT2D eigenvalue weighted by Crippen LogP contribution is -2.33. The summed E-state index contributed by atoms with van der Waals surface area (Å²) in [7, 11) is 0. The van der Waals surface area contributed by atoms with E-state index in [1.807, 2.05) is 6.07 Å². The highest BCUT2D eigenvalue weighted by Gasteiger charge is 2.32. The molecule has 1 aromatic rings. The van der Waals surface area contributed by atoms with Gasteiger partial charge in [-0.25, -0.2) is 0 Å². The van der Waals surface area contributed by atoms with Gasteiger partial charge >= 0.3 is 0 Å². The summed E-state index contributed by atoms with van der Waals surface area (Å²) in [4.78, 5) is 0. The molecule has 1 aromatic carbocycles. The van der Waals surface area contributed by atoms with Gasteiger partial charge in [0.15, 0.2) is 0 Å². The van der Waals surface area contributed by atoms with Crippen LogP contribution in [0, 0.1) is 0 Å². The lowest BCUT2D eigenvalue weighted by Gasteiger charge is -2.27. The Balaban J connectivity index is 2.46. The van der Waals surface area contributed by atoms with Crippen LogP contribution in [0.4, 0.5) is 0 Å². The van der Waals surface area contributed by atoms with Crippen molar-refractivity contribution in [2.24, 2.45) is 0 Å². The molecule has 0 aromatic heterocycles. The van der Waals surface area contributed by atoms with Gasteiger partial charge in [0.05, 0.1) is 0 Å². The summed E-state index contributed by atoms with van der Waals surface area (Å²) >= 11 is 3.61. The topological polar surface area (TPSA) is 32.3 Å². The quantitative estimate of drug-likeness (QED) is 0.868. The van der Waals surface area contributed by atoms with Crippen LogP contribution < -0.4 is 5.32 Å². The van der Waals surface area contributed by atoms with E-state index in [9.17, 15) is 5.11 Å². The predicted molar refractivity (Wildman–Crippen MR) is 74.5 cm³/mol. The van der Waals surface area contributed by atoms with Gasteiger partial charge in [-0.15, -0.1) is 0 Å². The van der Waals surface area contributed by atoms with E-state index in [4.69, 9.17) is 0 Å². The van der Waals surface area contributed by atoms with Crippen LogP contribution in [0.2, 0.25) is 0 Å². The molecule has 1 unspecified atom stereocenters. The minimum absolute atomic E-state index is 0.0812. The first-order chi connectivity index (χ1) is 7.94. The number of nitrogens with one attached hydrogen (secondary N) is 1. The van der Waals surface area contributed by atoms with Gasteiger partial charge in [-0.2, -0.15) is 0 Å². The second-order valence-electron chi connectivity index (χ2n) is 5.41. The molecule has 0 aliphatic carbocycles. The van der Waals surface area contributed by atoms with Crippen molar-refractivity contribution in [3.63, 3.8) is 0 Å². The normalized spacial score (nSPS) is 24.5. The Morgan fingerprint density at radius 3 is 2.65 bits per heavy atom. The molecule has 0 amide bonds. The van der Waals surface area contributed by atoms with E-state index < -0.39 is 0 Å². The second kappa shape index (κ2) is 4.62. The summed E-state index contributed by atoms with van der Waals surface area (Å²) in [5, 5.41) is 13.7. The number of aromatic hydroxyl groups is 1. The number of phenolic OH excluding ortho intramolecular Hbond substituents is 1. The Labute approximate surface area is 112 Å². The van der Waals surface area contributed by atoms with Crippen molar-refractivity contribution < 1.29 is 5.11 Å². The van der Waals surface area contributed by atoms with Crippen LogP contribution in [0.5, 0.6) is 5.75 Å². The number of phenols is 1. The molecule has 3 heteroatoms. The van der Waals surface area contributed by atoms with Crippen molar-refractivity contribution in [1.82, 2.24) is 5.32 Å². The van der Waals surface area contributed by atoms with Crippen molar-refractivity contribution in [3.8, 4) is 5.75 Å². The third-order valence-corrected chi connectivity index (χ3v) is 4.39. The van der Waals surface area contributed by atoms with Gasteiger partial charge in [-0.3, -0.25) is 0 Å². The van der Waals surface area contributed by atoms with Crippen LogP contribution >= 0.6 is 15.9 Å². The molecule has 0 bridgehead atoms. The van der Waals surface area contributed by atoms with E-state index in [0.717, 1.165) is 28.6 Å². The smallest absolute Gasteiger partial charge is 0.120 e. The van der Waals surface area contributed by atoms with Gasteiger partial charge in [-0.1, -0.05) is 29.8 Å². The average Bonchev–Trinajstić information content (AvgIpc) is 2.69. The summed E-state index contributed by atoms with van der Waals surface area (Å²) in [6, 6.07) is 3.97. The van der Waals surface area contributed by atoms with E-state index in [1.165, 1.54) is 6.42 Å². The van der Waals surface area contributed by atoms with Crippen molar-refractivity contribution >= 4 is 15.9 Å². The first-order valence-electron chi connectivity index (χ1n) is 6.22. The van der Waals surface area contributed by atoms with Gasteiger partial charge in [0, 0.05) is 15.6 Å². The molecule has 17 heavy (non-hydrogen) atoms. The Morgan fingerprint density at radius 1 is 1.41 bits per heavy atom. The number of benzene rings is 1. The van der Waals surface area contributed by atoms with Gasteiger partial charge in [0.2, 0.25) is 0 Å². The summed E-state index contributed by atoms with van der Waals surface area (Å²) in [5.74, 6) is 0.822. The van der Waals surface area contributed by atoms with E-state index >= 15 is 0 Å². The number of hydrogen-bond donors (Lipinski definition) is 2. The zero-order valence-corrected chi connectivity index (χ0v) is 12.3. The van der Waals surface area contributed by atoms with Crippen LogP contribution in [0.3, 0.4) is 0 Å². The maximum atomic E-state index is 10.2. The minimum atomic E-state index is -0.0812. The Bertz CT molecular complexity index is 422. The Kier molecular flexibility index (Phi) is 3.50. The summed E-state index contributed by atoms with van der Waals surface area (Å²) in [5.41, 5.74) is 2.08. The fraction of sp³-hybridized carbons (Fsp3) is 0.571. The Morgan fingerprint density at radius 2 is 2.12 bits per heavy atom. The van der Waals surface area contributed by atoms with Crippen molar-refractivity contribution in [1.29, 1.82) is 0 Å². The lowest BCUT2D eigenvalue weighted by molar-refractivity contribution is 0.393. The zero-order chi connectivity index (χ0) is 12.6. The summed E-state index contributed by atoms with van der Waals surface area (Å²) in [6.45, 7) is 7.46. The lowest BCUT2D eigenvalue weighted by atomic mass is 9.88. The largest absolute Gasteiger partial charge is 0.508 e. The summed E-state index contributed by atoms with van der Waals surface area (Å²) in [6.07, 6.45) is 2.24. The fourth-order valence-corrected chi connectivity index (χ4v) is 3.39. The molecule has 2 N–H and O–H groups in total. The molecule has 0 spiro atoms. The van der Waals surface area contributed by atoms with Gasteiger partial charge in [0.25, 0.3) is 0 Å². The maximum Gasteiger partial charge on any atom is 0.120 e. The monoisotopic (exact) mass is 297 g/mol. The molecule has 94 valence electrons. The molecule has 1 aliphatic heterocycles. The predicted octanol–water partition coefficient (Wildman–Crippen LogP) is 3.88. The molecule has 1 saturated heterocycles. The second-order valence-corrected chi connectivity index (χ2v) is 6.26. The highest BCUT2D eigenvalue weighted by atomic mass is 79.9. The Hall–Kier alpha value is -0.540. The van der Waals surface area contributed by atoms with Crippen LogP contribution in [0.15, 0.2) is 16.6 Å². The first kappa shape index (κ1) is 12.9. The van der Waals surface area contributed by atoms with E-state index in [1.54, 1.807) is 0 Å². The first-order valence-corrected chi connectivity index (χ1v) is 7.01. The van der Waals surface area contributed by atoms with E-state index in [0.29, 0.717) is 11.7 Å². The minimum Gasteiger partial charge on any atom is -0.508 e. The number of hydrogen-bond acceptors (Lipinski definition) is 2. The zero-order valence-electron chi connectivity index (χ0n) is 10.7. The highest BCUT2D eigenvalue weighted by Crippen LogP contribution is 2.40. The standard InChI is InChI=1S/C14H20BrNO/c1-9(2)10-7-13(17)11(8-12(10)15)14(3)5-4-6-16-14/h7-9,16-17H,4-6H2,1-3H3. The average molecular weight is 298 g/mol. The molecule has 2 nitrogen and oxygen atoms in total. The maximum absolute atomic E-state index is 10.2. The molecule has 0 radical (unpaired) electrons. The van der Waals surface area contributed by atoms with E-state index in [-0.39, 0.29) is 5.54 Å². The van der Waals surface area contributed by atoms with E-state index in [2.05, 4.69) is 48.1 Å². The van der Waals surface area contributed by atoms with Crippen molar-refractivity contribution in [2.45, 2.75) is 45.1 Å². The fourth-order valence-electron chi connectivity index (χ4n) is 2.59. The van der Waals surface area contributed by atoms with Gasteiger partial charge < -0.3 is 10.4 Å². The number of halogens is 1. The molecule has 1 aliphatic rings. The molecule has 1 atom stereocenters. The third-order valence-electron chi connectivity index (χ3n) is 3.70. The molecule has 0 saturated carbocycles. The molecule has 1 fully saturated rings. The van der Waals surface area contributed by atoms with Crippen molar-refractivity contribution in [3.05, 3.63) is 27.7 Å². The molecular weight excluding hydrogens is 278 g/mol. The van der Waals surface area contributed by atoms with Crippen LogP contribution in [-0.4, -0.2) is 11.7 Å². The third kappa shape index (κ3) is 2.36. The molecular formula is C14H20BrNO. The highest BCUT2D eigenvalue weighted by molar-refractivity contribution is 9.10. The van der Waals surface area contributed by atoms with Crippen molar-refractivity contribution in [2.75, 3.05) is 6.54 Å². The van der Waals surface area contributed by atoms with Crippen LogP contribution in [0.1, 0.15) is 50.7 Å². The van der Waals surface area contributed by atoms with Gasteiger partial charge in [0.1, 0.15) is 5.75 Å². The van der Waals surface area contributed by atoms with Crippen LogP contribution in [-0.2, 0) is 5.54 Å². The molecule has 1 heterocycles. The summed E-state index contributed by atoms with van der Waals surface area (Å²) < 4.78 is 1.09. The van der Waals surface area contributed by atoms with Gasteiger partial charge in [-0.05, 0) is 49.9 Å². The SMILES string of the molecule is CC(C)c1cc(O)c(C2(C)CCCN2)cc1Br. The van der Waals surface area contributed by atoms with Crippen LogP contribution in [0.25, 0.3) is 0 Å². The molecule has 2 rings (SSSR count).